The molecule has 4 nitrogen and oxygen atoms in total. The standard InChI is InChI=1S/C18H22F3N3O/c1-5-13-16(22-14(25)10-17(2,3)4)15(24-23-13)11-6-8-12(9-7-11)18(19,20)21/h6-9H,5,10H2,1-4H3,(H,22,25)(H,23,24). The van der Waals surface area contributed by atoms with Crippen LogP contribution in [0.1, 0.15) is 45.4 Å². The predicted molar refractivity (Wildman–Crippen MR) is 91.1 cm³/mol. The Labute approximate surface area is 144 Å². The first-order valence-corrected chi connectivity index (χ1v) is 8.06. The Morgan fingerprint density at radius 2 is 1.76 bits per heavy atom. The number of aryl methyl sites for hydroxylation is 1. The summed E-state index contributed by atoms with van der Waals surface area (Å²) in [5.41, 5.74) is 1.31. The number of benzene rings is 1. The number of carbonyl (C=O) groups excluding carboxylic acids is 1. The Kier molecular flexibility index (Phi) is 5.25. The van der Waals surface area contributed by atoms with E-state index in [1.165, 1.54) is 12.1 Å². The lowest BCUT2D eigenvalue weighted by atomic mass is 9.92. The highest BCUT2D eigenvalue weighted by Crippen LogP contribution is 2.34. The van der Waals surface area contributed by atoms with Gasteiger partial charge in [-0.15, -0.1) is 0 Å². The third-order valence-electron chi connectivity index (χ3n) is 3.64. The highest BCUT2D eigenvalue weighted by Gasteiger charge is 2.30. The van der Waals surface area contributed by atoms with Gasteiger partial charge in [0, 0.05) is 12.0 Å². The van der Waals surface area contributed by atoms with Crippen molar-refractivity contribution in [3.8, 4) is 11.3 Å². The molecule has 1 aromatic heterocycles. The fraction of sp³-hybridized carbons (Fsp3) is 0.444. The molecule has 1 aromatic carbocycles. The van der Waals surface area contributed by atoms with Crippen LogP contribution in [0.4, 0.5) is 18.9 Å². The smallest absolute Gasteiger partial charge is 0.323 e. The molecule has 0 aliphatic carbocycles. The van der Waals surface area contributed by atoms with Crippen molar-refractivity contribution in [2.75, 3.05) is 5.32 Å². The number of anilines is 1. The first-order valence-electron chi connectivity index (χ1n) is 8.06. The lowest BCUT2D eigenvalue weighted by Crippen LogP contribution is -2.20. The number of halogens is 3. The second-order valence-corrected chi connectivity index (χ2v) is 7.14. The van der Waals surface area contributed by atoms with Crippen molar-refractivity contribution in [1.29, 1.82) is 0 Å². The SMILES string of the molecule is CCc1[nH]nc(-c2ccc(C(F)(F)F)cc2)c1NC(=O)CC(C)(C)C. The number of hydrogen-bond donors (Lipinski definition) is 2. The number of nitrogens with one attached hydrogen (secondary N) is 2. The van der Waals surface area contributed by atoms with Crippen LogP contribution in [0, 0.1) is 5.41 Å². The van der Waals surface area contributed by atoms with Gasteiger partial charge in [-0.05, 0) is 24.0 Å². The van der Waals surface area contributed by atoms with Crippen molar-refractivity contribution in [3.63, 3.8) is 0 Å². The van der Waals surface area contributed by atoms with Crippen molar-refractivity contribution in [2.24, 2.45) is 5.41 Å². The van der Waals surface area contributed by atoms with Crippen LogP contribution in [0.25, 0.3) is 11.3 Å². The highest BCUT2D eigenvalue weighted by atomic mass is 19.4. The van der Waals surface area contributed by atoms with Crippen LogP contribution >= 0.6 is 0 Å². The first kappa shape index (κ1) is 19.0. The van der Waals surface area contributed by atoms with Crippen molar-refractivity contribution in [1.82, 2.24) is 10.2 Å². The van der Waals surface area contributed by atoms with Gasteiger partial charge in [-0.1, -0.05) is 39.8 Å². The quantitative estimate of drug-likeness (QED) is 0.810. The number of carbonyl (C=O) groups is 1. The number of alkyl halides is 3. The minimum absolute atomic E-state index is 0.156. The van der Waals surface area contributed by atoms with Gasteiger partial charge in [0.05, 0.1) is 16.9 Å². The van der Waals surface area contributed by atoms with E-state index in [-0.39, 0.29) is 11.3 Å². The normalized spacial score (nSPS) is 12.3. The summed E-state index contributed by atoms with van der Waals surface area (Å²) in [4.78, 5) is 12.3. The molecule has 0 radical (unpaired) electrons. The van der Waals surface area contributed by atoms with Gasteiger partial charge in [-0.2, -0.15) is 18.3 Å². The van der Waals surface area contributed by atoms with Crippen LogP contribution in [0.5, 0.6) is 0 Å². The van der Waals surface area contributed by atoms with Crippen molar-refractivity contribution in [2.45, 2.75) is 46.7 Å². The minimum Gasteiger partial charge on any atom is -0.323 e. The van der Waals surface area contributed by atoms with E-state index in [1.54, 1.807) is 0 Å². The Balaban J connectivity index is 2.33. The summed E-state index contributed by atoms with van der Waals surface area (Å²) in [5, 5.41) is 9.88. The lowest BCUT2D eigenvalue weighted by molar-refractivity contribution is -0.137. The largest absolute Gasteiger partial charge is 0.416 e. The van der Waals surface area contributed by atoms with Crippen LogP contribution in [-0.2, 0) is 17.4 Å². The molecule has 0 aliphatic rings. The van der Waals surface area contributed by atoms with Gasteiger partial charge < -0.3 is 5.32 Å². The molecule has 0 fully saturated rings. The first-order chi connectivity index (χ1) is 11.5. The zero-order valence-electron chi connectivity index (χ0n) is 14.7. The molecule has 1 amide bonds. The molecule has 1 heterocycles. The van der Waals surface area contributed by atoms with E-state index in [9.17, 15) is 18.0 Å². The second kappa shape index (κ2) is 6.90. The summed E-state index contributed by atoms with van der Waals surface area (Å²) in [6.45, 7) is 7.78. The maximum atomic E-state index is 12.7. The topological polar surface area (TPSA) is 57.8 Å². The molecule has 0 spiro atoms. The average molecular weight is 353 g/mol. The number of nitrogens with zero attached hydrogens (tertiary/aromatic N) is 1. The molecule has 25 heavy (non-hydrogen) atoms. The molecule has 2 N–H and O–H groups in total. The van der Waals surface area contributed by atoms with Gasteiger partial charge in [0.2, 0.25) is 5.91 Å². The van der Waals surface area contributed by atoms with Crippen molar-refractivity contribution < 1.29 is 18.0 Å². The van der Waals surface area contributed by atoms with E-state index in [4.69, 9.17) is 0 Å². The third kappa shape index (κ3) is 4.84. The molecule has 0 saturated carbocycles. The number of rotatable bonds is 4. The molecule has 0 unspecified atom stereocenters. The molecule has 0 aliphatic heterocycles. The maximum absolute atomic E-state index is 12.7. The fourth-order valence-corrected chi connectivity index (χ4v) is 2.46. The maximum Gasteiger partial charge on any atom is 0.416 e. The molecule has 2 aromatic rings. The molecular formula is C18H22F3N3O. The Hall–Kier alpha value is -2.31. The van der Waals surface area contributed by atoms with E-state index in [2.05, 4.69) is 15.5 Å². The predicted octanol–water partition coefficient (Wildman–Crippen LogP) is 5.03. The summed E-state index contributed by atoms with van der Waals surface area (Å²) in [6.07, 6.45) is -3.45. The van der Waals surface area contributed by atoms with Crippen LogP contribution < -0.4 is 5.32 Å². The number of amides is 1. The third-order valence-corrected chi connectivity index (χ3v) is 3.64. The molecule has 7 heteroatoms. The van der Waals surface area contributed by atoms with Gasteiger partial charge in [0.25, 0.3) is 0 Å². The zero-order valence-corrected chi connectivity index (χ0v) is 14.7. The molecule has 136 valence electrons. The summed E-state index contributed by atoms with van der Waals surface area (Å²) in [6, 6.07) is 4.74. The number of aromatic nitrogens is 2. The number of H-pyrrole nitrogens is 1. The Morgan fingerprint density at radius 1 is 1.16 bits per heavy atom. The lowest BCUT2D eigenvalue weighted by Gasteiger charge is -2.17. The number of hydrogen-bond acceptors (Lipinski definition) is 2. The van der Waals surface area contributed by atoms with Crippen molar-refractivity contribution >= 4 is 11.6 Å². The summed E-state index contributed by atoms with van der Waals surface area (Å²) in [7, 11) is 0. The van der Waals surface area contributed by atoms with E-state index >= 15 is 0 Å². The van der Waals surface area contributed by atoms with Gasteiger partial charge >= 0.3 is 6.18 Å². The highest BCUT2D eigenvalue weighted by molar-refractivity contribution is 5.95. The van der Waals surface area contributed by atoms with Gasteiger partial charge in [-0.25, -0.2) is 0 Å². The molecule has 0 bridgehead atoms. The molecular weight excluding hydrogens is 331 g/mol. The zero-order chi connectivity index (χ0) is 18.8. The van der Waals surface area contributed by atoms with E-state index in [0.29, 0.717) is 29.8 Å². The van der Waals surface area contributed by atoms with Crippen LogP contribution in [0.2, 0.25) is 0 Å². The van der Waals surface area contributed by atoms with Crippen molar-refractivity contribution in [3.05, 3.63) is 35.5 Å². The molecule has 0 atom stereocenters. The van der Waals surface area contributed by atoms with E-state index < -0.39 is 11.7 Å². The van der Waals surface area contributed by atoms with Crippen LogP contribution in [-0.4, -0.2) is 16.1 Å². The summed E-state index contributed by atoms with van der Waals surface area (Å²) in [5.74, 6) is -0.156. The summed E-state index contributed by atoms with van der Waals surface area (Å²) < 4.78 is 38.1. The average Bonchev–Trinajstić information content (AvgIpc) is 2.87. The monoisotopic (exact) mass is 353 g/mol. The van der Waals surface area contributed by atoms with E-state index in [0.717, 1.165) is 17.8 Å². The second-order valence-electron chi connectivity index (χ2n) is 7.14. The Morgan fingerprint density at radius 3 is 2.24 bits per heavy atom. The van der Waals surface area contributed by atoms with Crippen LogP contribution in [0.3, 0.4) is 0 Å². The minimum atomic E-state index is -4.39. The fourth-order valence-electron chi connectivity index (χ4n) is 2.46. The number of aromatic amines is 1. The van der Waals surface area contributed by atoms with E-state index in [1.807, 2.05) is 27.7 Å². The Bertz CT molecular complexity index is 740. The molecule has 0 saturated heterocycles. The van der Waals surface area contributed by atoms with Gasteiger partial charge in [0.1, 0.15) is 5.69 Å². The van der Waals surface area contributed by atoms with Gasteiger partial charge in [0.15, 0.2) is 0 Å². The van der Waals surface area contributed by atoms with Crippen LogP contribution in [0.15, 0.2) is 24.3 Å². The molecule has 2 rings (SSSR count). The van der Waals surface area contributed by atoms with Gasteiger partial charge in [-0.3, -0.25) is 9.89 Å². The summed E-state index contributed by atoms with van der Waals surface area (Å²) >= 11 is 0.